The highest BCUT2D eigenvalue weighted by molar-refractivity contribution is 5.93. The minimum Gasteiger partial charge on any atom is -0.486 e. The van der Waals surface area contributed by atoms with Crippen LogP contribution in [-0.4, -0.2) is 29.9 Å². The van der Waals surface area contributed by atoms with Crippen molar-refractivity contribution in [1.82, 2.24) is 29.9 Å². The van der Waals surface area contributed by atoms with E-state index in [1.54, 1.807) is 17.1 Å². The van der Waals surface area contributed by atoms with Gasteiger partial charge in [-0.15, -0.1) is 0 Å². The zero-order chi connectivity index (χ0) is 20.0. The van der Waals surface area contributed by atoms with E-state index >= 15 is 0 Å². The molecule has 144 valence electrons. The van der Waals surface area contributed by atoms with Crippen molar-refractivity contribution in [3.05, 3.63) is 66.2 Å². The van der Waals surface area contributed by atoms with Gasteiger partial charge in [0.1, 0.15) is 17.5 Å². The van der Waals surface area contributed by atoms with E-state index in [9.17, 15) is 0 Å². The van der Waals surface area contributed by atoms with Crippen molar-refractivity contribution in [1.29, 1.82) is 0 Å². The van der Waals surface area contributed by atoms with Gasteiger partial charge in [-0.25, -0.2) is 0 Å². The minimum atomic E-state index is -0.179. The summed E-state index contributed by atoms with van der Waals surface area (Å²) in [6.45, 7) is 4.11. The number of benzene rings is 2. The zero-order valence-electron chi connectivity index (χ0n) is 16.4. The van der Waals surface area contributed by atoms with E-state index in [4.69, 9.17) is 4.74 Å². The van der Waals surface area contributed by atoms with Gasteiger partial charge < -0.3 is 4.74 Å². The first-order valence-electron chi connectivity index (χ1n) is 9.44. The molecule has 0 aliphatic rings. The summed E-state index contributed by atoms with van der Waals surface area (Å²) in [7, 11) is 1.89. The molecule has 1 atom stereocenters. The monoisotopic (exact) mass is 384 g/mol. The number of nitrogens with one attached hydrogen (secondary N) is 1. The Morgan fingerprint density at radius 3 is 2.79 bits per heavy atom. The Bertz CT molecular complexity index is 1340. The van der Waals surface area contributed by atoms with Crippen LogP contribution in [0.5, 0.6) is 5.75 Å². The van der Waals surface area contributed by atoms with Gasteiger partial charge in [0.15, 0.2) is 0 Å². The van der Waals surface area contributed by atoms with E-state index in [2.05, 4.69) is 38.3 Å². The second-order valence-electron chi connectivity index (χ2n) is 7.16. The third-order valence-corrected chi connectivity index (χ3v) is 5.13. The lowest BCUT2D eigenvalue weighted by Crippen LogP contribution is -2.07. The van der Waals surface area contributed by atoms with Crippen LogP contribution in [0.3, 0.4) is 0 Å². The number of aryl methyl sites for hydroxylation is 2. The summed E-state index contributed by atoms with van der Waals surface area (Å²) in [6, 6.07) is 10.0. The van der Waals surface area contributed by atoms with E-state index in [1.165, 1.54) is 0 Å². The number of ether oxygens (including phenoxy) is 1. The smallest absolute Gasteiger partial charge is 0.123 e. The fourth-order valence-corrected chi connectivity index (χ4v) is 3.76. The second-order valence-corrected chi connectivity index (χ2v) is 7.16. The van der Waals surface area contributed by atoms with Crippen LogP contribution in [0.15, 0.2) is 55.1 Å². The lowest BCUT2D eigenvalue weighted by atomic mass is 10.0. The van der Waals surface area contributed by atoms with Gasteiger partial charge in [-0.05, 0) is 43.7 Å². The molecule has 0 fully saturated rings. The highest BCUT2D eigenvalue weighted by Crippen LogP contribution is 2.33. The Kier molecular flexibility index (Phi) is 4.01. The fraction of sp³-hybridized carbons (Fsp3) is 0.182. The molecule has 1 unspecified atom stereocenters. The highest BCUT2D eigenvalue weighted by Gasteiger charge is 2.17. The van der Waals surface area contributed by atoms with Crippen LogP contribution in [0.4, 0.5) is 0 Å². The molecule has 0 amide bonds. The molecule has 0 saturated heterocycles. The van der Waals surface area contributed by atoms with Crippen molar-refractivity contribution in [3.63, 3.8) is 0 Å². The van der Waals surface area contributed by atoms with Gasteiger partial charge >= 0.3 is 0 Å². The molecule has 29 heavy (non-hydrogen) atoms. The molecular weight excluding hydrogens is 364 g/mol. The maximum Gasteiger partial charge on any atom is 0.123 e. The fourth-order valence-electron chi connectivity index (χ4n) is 3.76. The summed E-state index contributed by atoms with van der Waals surface area (Å²) in [5, 5.41) is 12.8. The molecule has 0 spiro atoms. The molecular formula is C22H20N6O. The number of hydrogen-bond donors (Lipinski definition) is 1. The maximum atomic E-state index is 6.33. The van der Waals surface area contributed by atoms with Gasteiger partial charge in [-0.1, -0.05) is 6.07 Å². The number of aromatic nitrogens is 6. The first-order valence-corrected chi connectivity index (χ1v) is 9.44. The van der Waals surface area contributed by atoms with E-state index in [0.717, 1.165) is 50.1 Å². The van der Waals surface area contributed by atoms with Crippen LogP contribution in [0.25, 0.3) is 33.2 Å². The normalized spacial score (nSPS) is 12.5. The van der Waals surface area contributed by atoms with Crippen LogP contribution < -0.4 is 4.74 Å². The lowest BCUT2D eigenvalue weighted by Gasteiger charge is -2.18. The van der Waals surface area contributed by atoms with E-state index in [1.807, 2.05) is 50.6 Å². The molecule has 0 radical (unpaired) electrons. The number of H-pyrrole nitrogens is 1. The number of fused-ring (bicyclic) bond motifs is 2. The lowest BCUT2D eigenvalue weighted by molar-refractivity contribution is 0.228. The van der Waals surface area contributed by atoms with Gasteiger partial charge in [0.05, 0.1) is 22.7 Å². The van der Waals surface area contributed by atoms with E-state index in [-0.39, 0.29) is 6.10 Å². The molecule has 2 aromatic carbocycles. The zero-order valence-corrected chi connectivity index (χ0v) is 16.4. The van der Waals surface area contributed by atoms with E-state index < -0.39 is 0 Å². The minimum absolute atomic E-state index is 0.179. The van der Waals surface area contributed by atoms with Gasteiger partial charge in [-0.3, -0.25) is 19.7 Å². The molecule has 5 rings (SSSR count). The molecule has 0 aliphatic heterocycles. The van der Waals surface area contributed by atoms with Crippen molar-refractivity contribution in [2.75, 3.05) is 0 Å². The topological polar surface area (TPSA) is 81.5 Å². The number of hydrogen-bond acceptors (Lipinski definition) is 5. The highest BCUT2D eigenvalue weighted by atomic mass is 16.5. The summed E-state index contributed by atoms with van der Waals surface area (Å²) >= 11 is 0. The third kappa shape index (κ3) is 3.00. The number of rotatable bonds is 4. The summed E-state index contributed by atoms with van der Waals surface area (Å²) in [4.78, 5) is 8.95. The van der Waals surface area contributed by atoms with Gasteiger partial charge in [0.2, 0.25) is 0 Å². The third-order valence-electron chi connectivity index (χ3n) is 5.13. The summed E-state index contributed by atoms with van der Waals surface area (Å²) in [5.41, 5.74) is 6.70. The number of nitrogens with zero attached hydrogens (tertiary/aromatic N) is 5. The average Bonchev–Trinajstić information content (AvgIpc) is 3.33. The van der Waals surface area contributed by atoms with Crippen molar-refractivity contribution in [3.8, 4) is 17.0 Å². The first kappa shape index (κ1) is 17.4. The van der Waals surface area contributed by atoms with Crippen molar-refractivity contribution in [2.24, 2.45) is 7.05 Å². The summed E-state index contributed by atoms with van der Waals surface area (Å²) in [6.07, 6.45) is 7.00. The van der Waals surface area contributed by atoms with Crippen LogP contribution in [0.2, 0.25) is 0 Å². The standard InChI is InChI=1S/C22H20N6O/c1-13-4-6-19-22(24-9-8-23-19)20(13)14(2)29-16-5-7-18-17(10-16)21(27-26-18)15-11-25-28(3)12-15/h4-12,14H,1-3H3,(H,26,27). The van der Waals surface area contributed by atoms with Crippen molar-refractivity contribution >= 4 is 21.9 Å². The molecule has 7 heteroatoms. The Morgan fingerprint density at radius 1 is 1.10 bits per heavy atom. The average molecular weight is 384 g/mol. The van der Waals surface area contributed by atoms with Crippen LogP contribution in [0, 0.1) is 6.92 Å². The quantitative estimate of drug-likeness (QED) is 0.498. The van der Waals surface area contributed by atoms with Crippen LogP contribution >= 0.6 is 0 Å². The van der Waals surface area contributed by atoms with Gasteiger partial charge in [-0.2, -0.15) is 10.2 Å². The predicted octanol–water partition coefficient (Wildman–Crippen LogP) is 4.36. The van der Waals surface area contributed by atoms with Crippen LogP contribution in [-0.2, 0) is 7.05 Å². The molecule has 0 saturated carbocycles. The first-order chi connectivity index (χ1) is 14.1. The molecule has 0 aliphatic carbocycles. The SMILES string of the molecule is Cc1ccc2nccnc2c1C(C)Oc1ccc2[nH]nc(-c3cnn(C)c3)c2c1. The van der Waals surface area contributed by atoms with Crippen molar-refractivity contribution < 1.29 is 4.74 Å². The van der Waals surface area contributed by atoms with Gasteiger partial charge in [0.25, 0.3) is 0 Å². The Hall–Kier alpha value is -3.74. The largest absolute Gasteiger partial charge is 0.486 e. The molecule has 5 aromatic rings. The molecule has 7 nitrogen and oxygen atoms in total. The Labute approximate surface area is 167 Å². The Balaban J connectivity index is 1.53. The van der Waals surface area contributed by atoms with Crippen LogP contribution in [0.1, 0.15) is 24.2 Å². The maximum absolute atomic E-state index is 6.33. The van der Waals surface area contributed by atoms with Crippen molar-refractivity contribution in [2.45, 2.75) is 20.0 Å². The number of aromatic amines is 1. The Morgan fingerprint density at radius 2 is 1.97 bits per heavy atom. The summed E-state index contributed by atoms with van der Waals surface area (Å²) in [5.74, 6) is 0.775. The van der Waals surface area contributed by atoms with Gasteiger partial charge in [0, 0.05) is 42.2 Å². The molecule has 3 heterocycles. The second kappa shape index (κ2) is 6.70. The van der Waals surface area contributed by atoms with E-state index in [0.29, 0.717) is 0 Å². The summed E-state index contributed by atoms with van der Waals surface area (Å²) < 4.78 is 8.10. The molecule has 0 bridgehead atoms. The molecule has 1 N–H and O–H groups in total. The molecule has 3 aromatic heterocycles. The predicted molar refractivity (Wildman–Crippen MR) is 112 cm³/mol.